The molecule has 14 heavy (non-hydrogen) atoms. The van der Waals surface area contributed by atoms with E-state index in [2.05, 4.69) is 27.3 Å². The van der Waals surface area contributed by atoms with Crippen molar-refractivity contribution in [2.75, 3.05) is 13.6 Å². The fourth-order valence-electron chi connectivity index (χ4n) is 2.50. The monoisotopic (exact) mass is 257 g/mol. The Morgan fingerprint density at radius 2 is 2.14 bits per heavy atom. The highest BCUT2D eigenvalue weighted by atomic mass is 79.9. The van der Waals surface area contributed by atoms with Gasteiger partial charge in [-0.25, -0.2) is 0 Å². The van der Waals surface area contributed by atoms with Crippen LogP contribution in [0.2, 0.25) is 0 Å². The molecule has 2 rings (SSSR count). The van der Waals surface area contributed by atoms with Gasteiger partial charge in [-0.1, -0.05) is 12.8 Å². The first-order valence-electron chi connectivity index (χ1n) is 5.17. The first-order chi connectivity index (χ1) is 6.77. The van der Waals surface area contributed by atoms with Crippen LogP contribution < -0.4 is 5.32 Å². The lowest BCUT2D eigenvalue weighted by atomic mass is 9.83. The standard InChI is InChI=1S/C11H16BrNO/c1-13-8-11(6-2-3-7-11)9-4-5-10(12)14-9/h4-5,13H,2-3,6-8H2,1H3. The molecule has 0 radical (unpaired) electrons. The Labute approximate surface area is 93.2 Å². The summed E-state index contributed by atoms with van der Waals surface area (Å²) in [5.74, 6) is 1.14. The predicted molar refractivity (Wildman–Crippen MR) is 60.5 cm³/mol. The molecule has 1 heterocycles. The van der Waals surface area contributed by atoms with Gasteiger partial charge in [-0.05, 0) is 48.0 Å². The highest BCUT2D eigenvalue weighted by molar-refractivity contribution is 9.10. The minimum Gasteiger partial charge on any atom is -0.454 e. The Morgan fingerprint density at radius 1 is 1.43 bits per heavy atom. The van der Waals surface area contributed by atoms with E-state index in [1.165, 1.54) is 25.7 Å². The van der Waals surface area contributed by atoms with E-state index in [0.29, 0.717) is 0 Å². The topological polar surface area (TPSA) is 25.2 Å². The Balaban J connectivity index is 2.26. The molecule has 0 aromatic carbocycles. The van der Waals surface area contributed by atoms with Crippen molar-refractivity contribution >= 4 is 15.9 Å². The number of hydrogen-bond donors (Lipinski definition) is 1. The van der Waals surface area contributed by atoms with Crippen molar-refractivity contribution in [1.29, 1.82) is 0 Å². The zero-order valence-electron chi connectivity index (χ0n) is 8.48. The van der Waals surface area contributed by atoms with Crippen LogP contribution in [0.25, 0.3) is 0 Å². The molecule has 0 amide bonds. The smallest absolute Gasteiger partial charge is 0.169 e. The van der Waals surface area contributed by atoms with Crippen LogP contribution in [0.15, 0.2) is 21.2 Å². The molecule has 0 unspecified atom stereocenters. The number of halogens is 1. The molecule has 78 valence electrons. The molecule has 2 nitrogen and oxygen atoms in total. The second-order valence-electron chi connectivity index (χ2n) is 4.12. The molecular formula is C11H16BrNO. The lowest BCUT2D eigenvalue weighted by Gasteiger charge is -2.26. The summed E-state index contributed by atoms with van der Waals surface area (Å²) in [5, 5.41) is 3.28. The summed E-state index contributed by atoms with van der Waals surface area (Å²) in [6.45, 7) is 1.02. The van der Waals surface area contributed by atoms with E-state index >= 15 is 0 Å². The molecule has 0 bridgehead atoms. The molecule has 1 aliphatic carbocycles. The molecule has 1 aliphatic rings. The maximum Gasteiger partial charge on any atom is 0.169 e. The maximum atomic E-state index is 5.70. The van der Waals surface area contributed by atoms with Crippen molar-refractivity contribution in [3.63, 3.8) is 0 Å². The fourth-order valence-corrected chi connectivity index (χ4v) is 2.81. The SMILES string of the molecule is CNCC1(c2ccc(Br)o2)CCCC1. The number of nitrogens with one attached hydrogen (secondary N) is 1. The molecule has 1 N–H and O–H groups in total. The van der Waals surface area contributed by atoms with Crippen LogP contribution in [0.4, 0.5) is 0 Å². The van der Waals surface area contributed by atoms with E-state index < -0.39 is 0 Å². The lowest BCUT2D eigenvalue weighted by molar-refractivity contribution is 0.324. The molecular weight excluding hydrogens is 242 g/mol. The largest absolute Gasteiger partial charge is 0.454 e. The van der Waals surface area contributed by atoms with E-state index in [1.807, 2.05) is 13.1 Å². The van der Waals surface area contributed by atoms with Crippen molar-refractivity contribution in [3.05, 3.63) is 22.6 Å². The van der Waals surface area contributed by atoms with Crippen molar-refractivity contribution in [2.45, 2.75) is 31.1 Å². The minimum absolute atomic E-state index is 0.251. The quantitative estimate of drug-likeness (QED) is 0.901. The molecule has 0 atom stereocenters. The summed E-state index contributed by atoms with van der Waals surface area (Å²) in [6, 6.07) is 4.10. The molecule has 1 fully saturated rings. The molecule has 1 aromatic heterocycles. The van der Waals surface area contributed by atoms with Gasteiger partial charge in [0.15, 0.2) is 4.67 Å². The Bertz CT molecular complexity index is 302. The number of rotatable bonds is 3. The first kappa shape index (κ1) is 10.2. The third-order valence-corrected chi connectivity index (χ3v) is 3.60. The van der Waals surface area contributed by atoms with Gasteiger partial charge in [0.25, 0.3) is 0 Å². The van der Waals surface area contributed by atoms with Gasteiger partial charge in [0.2, 0.25) is 0 Å². The van der Waals surface area contributed by atoms with Gasteiger partial charge >= 0.3 is 0 Å². The van der Waals surface area contributed by atoms with Crippen LogP contribution in [0.3, 0.4) is 0 Å². The highest BCUT2D eigenvalue weighted by Gasteiger charge is 2.37. The Kier molecular flexibility index (Phi) is 2.98. The molecule has 0 spiro atoms. The third-order valence-electron chi connectivity index (χ3n) is 3.17. The number of hydrogen-bond acceptors (Lipinski definition) is 2. The van der Waals surface area contributed by atoms with Gasteiger partial charge in [0.05, 0.1) is 0 Å². The number of likely N-dealkylation sites (N-methyl/N-ethyl adjacent to an activating group) is 1. The normalized spacial score (nSPS) is 20.1. The van der Waals surface area contributed by atoms with Crippen molar-refractivity contribution in [2.24, 2.45) is 0 Å². The third kappa shape index (κ3) is 1.75. The van der Waals surface area contributed by atoms with Crippen LogP contribution in [0, 0.1) is 0 Å². The van der Waals surface area contributed by atoms with Crippen molar-refractivity contribution < 1.29 is 4.42 Å². The highest BCUT2D eigenvalue weighted by Crippen LogP contribution is 2.41. The van der Waals surface area contributed by atoms with Crippen LogP contribution in [0.1, 0.15) is 31.4 Å². The van der Waals surface area contributed by atoms with Crippen LogP contribution in [-0.2, 0) is 5.41 Å². The summed E-state index contributed by atoms with van der Waals surface area (Å²) in [4.78, 5) is 0. The van der Waals surface area contributed by atoms with Crippen LogP contribution in [-0.4, -0.2) is 13.6 Å². The predicted octanol–water partition coefficient (Wildman–Crippen LogP) is 3.07. The maximum absolute atomic E-state index is 5.70. The van der Waals surface area contributed by atoms with Crippen molar-refractivity contribution in [3.8, 4) is 0 Å². The second kappa shape index (κ2) is 4.07. The van der Waals surface area contributed by atoms with E-state index in [9.17, 15) is 0 Å². The van der Waals surface area contributed by atoms with E-state index in [0.717, 1.165) is 17.0 Å². The second-order valence-corrected chi connectivity index (χ2v) is 4.90. The molecule has 3 heteroatoms. The van der Waals surface area contributed by atoms with Gasteiger partial charge < -0.3 is 9.73 Å². The van der Waals surface area contributed by atoms with E-state index in [-0.39, 0.29) is 5.41 Å². The summed E-state index contributed by atoms with van der Waals surface area (Å²) in [5.41, 5.74) is 0.251. The molecule has 0 aliphatic heterocycles. The molecule has 1 aromatic rings. The zero-order valence-corrected chi connectivity index (χ0v) is 10.1. The average molecular weight is 258 g/mol. The molecule has 0 saturated heterocycles. The van der Waals surface area contributed by atoms with Gasteiger partial charge in [-0.15, -0.1) is 0 Å². The summed E-state index contributed by atoms with van der Waals surface area (Å²) in [6.07, 6.45) is 5.13. The van der Waals surface area contributed by atoms with Gasteiger partial charge in [0, 0.05) is 12.0 Å². The lowest BCUT2D eigenvalue weighted by Crippen LogP contribution is -2.33. The van der Waals surface area contributed by atoms with Crippen LogP contribution in [0.5, 0.6) is 0 Å². The van der Waals surface area contributed by atoms with Gasteiger partial charge in [0.1, 0.15) is 5.76 Å². The van der Waals surface area contributed by atoms with Crippen molar-refractivity contribution in [1.82, 2.24) is 5.32 Å². The van der Waals surface area contributed by atoms with E-state index in [1.54, 1.807) is 0 Å². The Hall–Kier alpha value is -0.280. The summed E-state index contributed by atoms with van der Waals surface area (Å²) in [7, 11) is 2.01. The summed E-state index contributed by atoms with van der Waals surface area (Å²) >= 11 is 3.37. The van der Waals surface area contributed by atoms with E-state index in [4.69, 9.17) is 4.42 Å². The minimum atomic E-state index is 0.251. The Morgan fingerprint density at radius 3 is 2.64 bits per heavy atom. The fraction of sp³-hybridized carbons (Fsp3) is 0.636. The first-order valence-corrected chi connectivity index (χ1v) is 5.97. The average Bonchev–Trinajstić information content (AvgIpc) is 2.75. The van der Waals surface area contributed by atoms with Gasteiger partial charge in [-0.2, -0.15) is 0 Å². The van der Waals surface area contributed by atoms with Crippen LogP contribution >= 0.6 is 15.9 Å². The summed E-state index contributed by atoms with van der Waals surface area (Å²) < 4.78 is 6.54. The zero-order chi connectivity index (χ0) is 10.0. The number of furan rings is 1. The molecule has 1 saturated carbocycles. The van der Waals surface area contributed by atoms with Gasteiger partial charge in [-0.3, -0.25) is 0 Å².